The van der Waals surface area contributed by atoms with Crippen molar-refractivity contribution < 1.29 is 54.8 Å². The van der Waals surface area contributed by atoms with Crippen LogP contribution in [0.25, 0.3) is 0 Å². The van der Waals surface area contributed by atoms with Crippen LogP contribution in [0.4, 0.5) is 0 Å². The molecule has 0 aromatic heterocycles. The molecule has 154 valence electrons. The number of hydrogen-bond acceptors (Lipinski definition) is 10. The van der Waals surface area contributed by atoms with E-state index in [9.17, 15) is 40.5 Å². The van der Waals surface area contributed by atoms with Crippen LogP contribution in [0, 0.1) is 5.92 Å². The van der Waals surface area contributed by atoms with Crippen LogP contribution >= 0.6 is 0 Å². The SMILES string of the molecule is CC1(O)CCC2(O)C(C(=O)O)=COC(OC3OC(CO)C(O)C(O)C3O)C12. The van der Waals surface area contributed by atoms with Gasteiger partial charge < -0.3 is 50.0 Å². The number of aliphatic carboxylic acids is 1. The fourth-order valence-electron chi connectivity index (χ4n) is 4.06. The number of aliphatic hydroxyl groups excluding tert-OH is 4. The second-order valence-corrected chi connectivity index (χ2v) is 7.43. The molecule has 11 heteroatoms. The second kappa shape index (κ2) is 6.94. The Hall–Kier alpha value is -1.31. The smallest absolute Gasteiger partial charge is 0.337 e. The molecule has 11 nitrogen and oxygen atoms in total. The molecule has 0 aromatic carbocycles. The van der Waals surface area contributed by atoms with E-state index in [1.807, 2.05) is 0 Å². The van der Waals surface area contributed by atoms with E-state index in [2.05, 4.69) is 0 Å². The molecule has 7 N–H and O–H groups in total. The molecule has 2 fully saturated rings. The van der Waals surface area contributed by atoms with E-state index in [-0.39, 0.29) is 12.8 Å². The molecule has 1 saturated carbocycles. The maximum absolute atomic E-state index is 11.4. The molecule has 2 aliphatic heterocycles. The molecule has 2 heterocycles. The minimum Gasteiger partial charge on any atom is -0.478 e. The first-order valence-electron chi connectivity index (χ1n) is 8.53. The molecule has 0 radical (unpaired) electrons. The number of hydrogen-bond donors (Lipinski definition) is 7. The quantitative estimate of drug-likeness (QED) is 0.259. The summed E-state index contributed by atoms with van der Waals surface area (Å²) in [5, 5.41) is 69.9. The van der Waals surface area contributed by atoms with Crippen LogP contribution in [-0.2, 0) is 19.0 Å². The monoisotopic (exact) mass is 392 g/mol. The standard InChI is InChI=1S/C16H24O11/c1-15(23)2-3-16(24)6(12(21)22)5-25-14(11(15)16)27-13-10(20)9(19)8(18)7(4-17)26-13/h5,7-11,13-14,17-20,23-24H,2-4H2,1H3,(H,21,22). The lowest BCUT2D eigenvalue weighted by Crippen LogP contribution is -2.62. The van der Waals surface area contributed by atoms with Gasteiger partial charge in [-0.3, -0.25) is 0 Å². The minimum atomic E-state index is -1.94. The summed E-state index contributed by atoms with van der Waals surface area (Å²) in [6, 6.07) is 0. The Morgan fingerprint density at radius 2 is 1.85 bits per heavy atom. The third-order valence-corrected chi connectivity index (χ3v) is 5.60. The first-order valence-corrected chi connectivity index (χ1v) is 8.53. The molecule has 27 heavy (non-hydrogen) atoms. The topological polar surface area (TPSA) is 186 Å². The summed E-state index contributed by atoms with van der Waals surface area (Å²) in [7, 11) is 0. The normalized spacial score (nSPS) is 49.9. The van der Waals surface area contributed by atoms with Crippen LogP contribution in [0.1, 0.15) is 19.8 Å². The Kier molecular flexibility index (Phi) is 5.25. The number of carbonyl (C=O) groups is 1. The van der Waals surface area contributed by atoms with Crippen LogP contribution < -0.4 is 0 Å². The van der Waals surface area contributed by atoms with Gasteiger partial charge in [-0.25, -0.2) is 4.79 Å². The summed E-state index contributed by atoms with van der Waals surface area (Å²) in [5.74, 6) is -2.64. The largest absolute Gasteiger partial charge is 0.478 e. The van der Waals surface area contributed by atoms with E-state index >= 15 is 0 Å². The van der Waals surface area contributed by atoms with Gasteiger partial charge in [-0.05, 0) is 19.8 Å². The molecular formula is C16H24O11. The van der Waals surface area contributed by atoms with Gasteiger partial charge in [-0.1, -0.05) is 0 Å². The molecule has 0 aromatic rings. The number of rotatable bonds is 4. The van der Waals surface area contributed by atoms with Crippen molar-refractivity contribution in [3.63, 3.8) is 0 Å². The van der Waals surface area contributed by atoms with Gasteiger partial charge in [0.1, 0.15) is 35.6 Å². The average Bonchev–Trinajstić information content (AvgIpc) is 2.85. The number of carboxylic acid groups (broad SMARTS) is 1. The van der Waals surface area contributed by atoms with E-state index in [1.165, 1.54) is 6.92 Å². The van der Waals surface area contributed by atoms with Gasteiger partial charge in [0.25, 0.3) is 0 Å². The van der Waals surface area contributed by atoms with Crippen LogP contribution in [0.5, 0.6) is 0 Å². The molecule has 1 saturated heterocycles. The maximum atomic E-state index is 11.4. The average molecular weight is 392 g/mol. The van der Waals surface area contributed by atoms with Crippen LogP contribution in [0.15, 0.2) is 11.8 Å². The fraction of sp³-hybridized carbons (Fsp3) is 0.812. The van der Waals surface area contributed by atoms with Gasteiger partial charge in [-0.15, -0.1) is 0 Å². The fourth-order valence-corrected chi connectivity index (χ4v) is 4.06. The summed E-state index contributed by atoms with van der Waals surface area (Å²) in [5.41, 5.74) is -3.92. The lowest BCUT2D eigenvalue weighted by molar-refractivity contribution is -0.351. The number of aliphatic hydroxyl groups is 6. The van der Waals surface area contributed by atoms with Crippen molar-refractivity contribution in [1.82, 2.24) is 0 Å². The van der Waals surface area contributed by atoms with E-state index in [0.717, 1.165) is 6.26 Å². The summed E-state index contributed by atoms with van der Waals surface area (Å²) in [6.45, 7) is 0.734. The van der Waals surface area contributed by atoms with Gasteiger partial charge in [0.15, 0.2) is 6.29 Å². The van der Waals surface area contributed by atoms with Gasteiger partial charge >= 0.3 is 5.97 Å². The highest BCUT2D eigenvalue weighted by atomic mass is 16.8. The highest BCUT2D eigenvalue weighted by molar-refractivity contribution is 5.89. The van der Waals surface area contributed by atoms with Crippen LogP contribution in [-0.4, -0.2) is 96.5 Å². The minimum absolute atomic E-state index is 0.0549. The zero-order valence-corrected chi connectivity index (χ0v) is 14.5. The Bertz CT molecular complexity index is 617. The lowest BCUT2D eigenvalue weighted by Gasteiger charge is -2.46. The Morgan fingerprint density at radius 1 is 1.19 bits per heavy atom. The molecular weight excluding hydrogens is 368 g/mol. The molecule has 9 unspecified atom stereocenters. The third kappa shape index (κ3) is 3.23. The molecule has 0 spiro atoms. The second-order valence-electron chi connectivity index (χ2n) is 7.43. The predicted molar refractivity (Wildman–Crippen MR) is 83.7 cm³/mol. The first kappa shape index (κ1) is 20.4. The van der Waals surface area contributed by atoms with Gasteiger partial charge in [-0.2, -0.15) is 0 Å². The zero-order valence-electron chi connectivity index (χ0n) is 14.5. The Morgan fingerprint density at radius 3 is 2.44 bits per heavy atom. The van der Waals surface area contributed by atoms with E-state index < -0.39 is 72.3 Å². The van der Waals surface area contributed by atoms with E-state index in [4.69, 9.17) is 14.2 Å². The van der Waals surface area contributed by atoms with Gasteiger partial charge in [0, 0.05) is 0 Å². The maximum Gasteiger partial charge on any atom is 0.337 e. The Balaban J connectivity index is 1.87. The predicted octanol–water partition coefficient (Wildman–Crippen LogP) is -2.98. The highest BCUT2D eigenvalue weighted by Crippen LogP contribution is 2.52. The lowest BCUT2D eigenvalue weighted by atomic mass is 9.77. The summed E-state index contributed by atoms with van der Waals surface area (Å²) >= 11 is 0. The number of fused-ring (bicyclic) bond motifs is 1. The zero-order chi connectivity index (χ0) is 20.1. The van der Waals surface area contributed by atoms with Crippen molar-refractivity contribution in [2.75, 3.05) is 6.61 Å². The first-order chi connectivity index (χ1) is 12.5. The van der Waals surface area contributed by atoms with Crippen LogP contribution in [0.2, 0.25) is 0 Å². The molecule has 3 aliphatic rings. The molecule has 3 rings (SSSR count). The van der Waals surface area contributed by atoms with Gasteiger partial charge in [0.05, 0.1) is 24.4 Å². The van der Waals surface area contributed by atoms with Crippen molar-refractivity contribution in [2.45, 2.75) is 68.0 Å². The van der Waals surface area contributed by atoms with Crippen molar-refractivity contribution in [2.24, 2.45) is 5.92 Å². The van der Waals surface area contributed by atoms with E-state index in [0.29, 0.717) is 0 Å². The molecule has 0 amide bonds. The van der Waals surface area contributed by atoms with E-state index in [1.54, 1.807) is 0 Å². The van der Waals surface area contributed by atoms with Crippen LogP contribution in [0.3, 0.4) is 0 Å². The third-order valence-electron chi connectivity index (χ3n) is 5.60. The van der Waals surface area contributed by atoms with Crippen molar-refractivity contribution in [3.8, 4) is 0 Å². The van der Waals surface area contributed by atoms with Crippen molar-refractivity contribution >= 4 is 5.97 Å². The summed E-state index contributed by atoms with van der Waals surface area (Å²) in [4.78, 5) is 11.4. The molecule has 9 atom stereocenters. The van der Waals surface area contributed by atoms with Crippen molar-refractivity contribution in [1.29, 1.82) is 0 Å². The summed E-state index contributed by atoms with van der Waals surface area (Å²) < 4.78 is 16.0. The Labute approximate surface area is 154 Å². The van der Waals surface area contributed by atoms with Crippen molar-refractivity contribution in [3.05, 3.63) is 11.8 Å². The highest BCUT2D eigenvalue weighted by Gasteiger charge is 2.63. The number of carboxylic acids is 1. The molecule has 1 aliphatic carbocycles. The van der Waals surface area contributed by atoms with Gasteiger partial charge in [0.2, 0.25) is 6.29 Å². The number of ether oxygens (including phenoxy) is 3. The molecule has 0 bridgehead atoms. The summed E-state index contributed by atoms with van der Waals surface area (Å²) in [6.07, 6.45) is -8.35.